The Bertz CT molecular complexity index is 433. The highest BCUT2D eigenvalue weighted by atomic mass is 16.4. The summed E-state index contributed by atoms with van der Waals surface area (Å²) in [6.07, 6.45) is 2.81. The van der Waals surface area contributed by atoms with E-state index in [1.165, 1.54) is 0 Å². The predicted octanol–water partition coefficient (Wildman–Crippen LogP) is -0.208. The predicted molar refractivity (Wildman–Crippen MR) is 114 cm³/mol. The van der Waals surface area contributed by atoms with Crippen molar-refractivity contribution in [2.45, 2.75) is 70.2 Å². The van der Waals surface area contributed by atoms with Gasteiger partial charge in [0, 0.05) is 32.6 Å². The number of piperidine rings is 1. The molecule has 29 heavy (non-hydrogen) atoms. The lowest BCUT2D eigenvalue weighted by molar-refractivity contribution is -0.133. The molecule has 0 spiro atoms. The highest BCUT2D eigenvalue weighted by Crippen LogP contribution is 2.17. The van der Waals surface area contributed by atoms with E-state index in [2.05, 4.69) is 12.2 Å². The number of likely N-dealkylation sites (tertiary alicyclic amines) is 1. The molecule has 1 heterocycles. The largest absolute Gasteiger partial charge is 0.394 e. The third-order valence-electron chi connectivity index (χ3n) is 5.85. The fraction of sp³-hybridized carbons (Fsp3) is 0.952. The van der Waals surface area contributed by atoms with Gasteiger partial charge in [0.05, 0.1) is 12.7 Å². The van der Waals surface area contributed by atoms with E-state index in [-0.39, 0.29) is 12.5 Å². The van der Waals surface area contributed by atoms with E-state index in [9.17, 15) is 20.1 Å². The molecule has 5 N–H and O–H groups in total. The number of amides is 1. The summed E-state index contributed by atoms with van der Waals surface area (Å²) >= 11 is 0. The van der Waals surface area contributed by atoms with Gasteiger partial charge in [-0.1, -0.05) is 26.2 Å². The Morgan fingerprint density at radius 3 is 2.38 bits per heavy atom. The fourth-order valence-corrected chi connectivity index (χ4v) is 3.88. The Balaban J connectivity index is 2.49. The first-order chi connectivity index (χ1) is 13.9. The summed E-state index contributed by atoms with van der Waals surface area (Å²) in [7, 11) is 1.96. The maximum Gasteiger partial charge on any atom is 0.223 e. The van der Waals surface area contributed by atoms with Crippen LogP contribution in [0.15, 0.2) is 0 Å². The summed E-state index contributed by atoms with van der Waals surface area (Å²) < 4.78 is 0. The molecule has 3 atom stereocenters. The van der Waals surface area contributed by atoms with Gasteiger partial charge in [0.15, 0.2) is 0 Å². The standard InChI is InChI=1S/C21H43N3O5/c1-3-4-5-6-10-23(15-18(26)21(29)19(27)16-25)11-9-20(28)24-12-7-17(8-13-24)14-22-2/h17-19,21-22,25-27,29H,3-16H2,1-2H3/t18-,19+,21+/m0/s1. The number of aliphatic hydroxyl groups excluding tert-OH is 4. The Morgan fingerprint density at radius 1 is 1.10 bits per heavy atom. The molecule has 0 saturated carbocycles. The van der Waals surface area contributed by atoms with Crippen molar-refractivity contribution in [3.8, 4) is 0 Å². The van der Waals surface area contributed by atoms with Crippen LogP contribution in [0.4, 0.5) is 0 Å². The van der Waals surface area contributed by atoms with E-state index in [1.807, 2.05) is 16.8 Å². The molecule has 1 aliphatic heterocycles. The molecule has 0 unspecified atom stereocenters. The first-order valence-electron chi connectivity index (χ1n) is 11.2. The van der Waals surface area contributed by atoms with E-state index >= 15 is 0 Å². The van der Waals surface area contributed by atoms with Crippen LogP contribution in [0.25, 0.3) is 0 Å². The van der Waals surface area contributed by atoms with Crippen LogP contribution in [0, 0.1) is 5.92 Å². The number of unbranched alkanes of at least 4 members (excludes halogenated alkanes) is 3. The first-order valence-corrected chi connectivity index (χ1v) is 11.2. The minimum absolute atomic E-state index is 0.136. The summed E-state index contributed by atoms with van der Waals surface area (Å²) in [4.78, 5) is 16.5. The second-order valence-electron chi connectivity index (χ2n) is 8.30. The second-order valence-corrected chi connectivity index (χ2v) is 8.30. The lowest BCUT2D eigenvalue weighted by Crippen LogP contribution is -2.47. The summed E-state index contributed by atoms with van der Waals surface area (Å²) in [5.41, 5.74) is 0. The highest BCUT2D eigenvalue weighted by Gasteiger charge is 2.27. The number of nitrogens with one attached hydrogen (secondary N) is 1. The van der Waals surface area contributed by atoms with Crippen molar-refractivity contribution >= 4 is 5.91 Å². The smallest absolute Gasteiger partial charge is 0.223 e. The SMILES string of the molecule is CCCCCCN(CCC(=O)N1CCC(CNC)CC1)C[C@H](O)[C@@H](O)[C@H](O)CO. The lowest BCUT2D eigenvalue weighted by Gasteiger charge is -2.33. The number of carbonyl (C=O) groups is 1. The summed E-state index contributed by atoms with van der Waals surface area (Å²) in [6, 6.07) is 0. The Labute approximate surface area is 175 Å². The number of nitrogens with zero attached hydrogens (tertiary/aromatic N) is 2. The van der Waals surface area contributed by atoms with Crippen molar-refractivity contribution in [3.05, 3.63) is 0 Å². The quantitative estimate of drug-likeness (QED) is 0.234. The van der Waals surface area contributed by atoms with Crippen molar-refractivity contribution in [1.29, 1.82) is 0 Å². The van der Waals surface area contributed by atoms with Gasteiger partial charge in [0.25, 0.3) is 0 Å². The van der Waals surface area contributed by atoms with Crippen LogP contribution in [0.3, 0.4) is 0 Å². The average Bonchev–Trinajstić information content (AvgIpc) is 2.74. The average molecular weight is 418 g/mol. The molecule has 0 aliphatic carbocycles. The van der Waals surface area contributed by atoms with Gasteiger partial charge in [-0.25, -0.2) is 0 Å². The van der Waals surface area contributed by atoms with E-state index < -0.39 is 24.9 Å². The number of hydrogen-bond donors (Lipinski definition) is 5. The number of carbonyl (C=O) groups excluding carboxylic acids is 1. The molecule has 0 aromatic carbocycles. The number of rotatable bonds is 15. The molecule has 1 saturated heterocycles. The van der Waals surface area contributed by atoms with Crippen LogP contribution in [-0.2, 0) is 4.79 Å². The van der Waals surface area contributed by atoms with Gasteiger partial charge in [-0.3, -0.25) is 4.79 Å². The fourth-order valence-electron chi connectivity index (χ4n) is 3.88. The highest BCUT2D eigenvalue weighted by molar-refractivity contribution is 5.76. The van der Waals surface area contributed by atoms with Gasteiger partial charge >= 0.3 is 0 Å². The van der Waals surface area contributed by atoms with Gasteiger partial charge in [-0.2, -0.15) is 0 Å². The van der Waals surface area contributed by atoms with Crippen molar-refractivity contribution in [3.63, 3.8) is 0 Å². The Kier molecular flexibility index (Phi) is 13.7. The van der Waals surface area contributed by atoms with Crippen LogP contribution in [0.2, 0.25) is 0 Å². The molecule has 1 rings (SSSR count). The minimum atomic E-state index is -1.40. The number of aliphatic hydroxyl groups is 4. The first kappa shape index (κ1) is 26.3. The third kappa shape index (κ3) is 10.2. The zero-order chi connectivity index (χ0) is 21.6. The molecule has 1 aliphatic rings. The zero-order valence-electron chi connectivity index (χ0n) is 18.3. The molecule has 172 valence electrons. The monoisotopic (exact) mass is 417 g/mol. The van der Waals surface area contributed by atoms with Crippen LogP contribution >= 0.6 is 0 Å². The molecular weight excluding hydrogens is 374 g/mol. The normalized spacial score (nSPS) is 18.8. The lowest BCUT2D eigenvalue weighted by atomic mass is 9.96. The van der Waals surface area contributed by atoms with Crippen LogP contribution in [0.5, 0.6) is 0 Å². The van der Waals surface area contributed by atoms with E-state index in [4.69, 9.17) is 5.11 Å². The van der Waals surface area contributed by atoms with Crippen molar-refractivity contribution in [2.75, 3.05) is 52.9 Å². The van der Waals surface area contributed by atoms with Crippen LogP contribution in [0.1, 0.15) is 51.9 Å². The summed E-state index contributed by atoms with van der Waals surface area (Å²) in [5.74, 6) is 0.769. The summed E-state index contributed by atoms with van der Waals surface area (Å²) in [6.45, 7) is 5.55. The Hall–Kier alpha value is -0.770. The maximum atomic E-state index is 12.6. The molecule has 8 nitrogen and oxygen atoms in total. The van der Waals surface area contributed by atoms with Gasteiger partial charge in [-0.05, 0) is 45.3 Å². The molecule has 0 aromatic rings. The maximum absolute atomic E-state index is 12.6. The van der Waals surface area contributed by atoms with Crippen molar-refractivity contribution < 1.29 is 25.2 Å². The van der Waals surface area contributed by atoms with E-state index in [0.29, 0.717) is 18.9 Å². The Morgan fingerprint density at radius 2 is 1.79 bits per heavy atom. The second kappa shape index (κ2) is 15.1. The molecule has 0 bridgehead atoms. The van der Waals surface area contributed by atoms with Crippen LogP contribution < -0.4 is 5.32 Å². The van der Waals surface area contributed by atoms with Crippen molar-refractivity contribution in [2.24, 2.45) is 5.92 Å². The van der Waals surface area contributed by atoms with Gasteiger partial charge in [-0.15, -0.1) is 0 Å². The zero-order valence-corrected chi connectivity index (χ0v) is 18.3. The van der Waals surface area contributed by atoms with Gasteiger partial charge in [0.2, 0.25) is 5.91 Å². The molecular formula is C21H43N3O5. The minimum Gasteiger partial charge on any atom is -0.394 e. The molecule has 0 aromatic heterocycles. The molecule has 1 fully saturated rings. The van der Waals surface area contributed by atoms with E-state index in [1.54, 1.807) is 0 Å². The summed E-state index contributed by atoms with van der Waals surface area (Å²) in [5, 5.41) is 41.9. The van der Waals surface area contributed by atoms with Gasteiger partial charge < -0.3 is 35.5 Å². The number of hydrogen-bond acceptors (Lipinski definition) is 7. The third-order valence-corrected chi connectivity index (χ3v) is 5.85. The topological polar surface area (TPSA) is 117 Å². The molecule has 0 radical (unpaired) electrons. The van der Waals surface area contributed by atoms with Gasteiger partial charge in [0.1, 0.15) is 12.2 Å². The molecule has 1 amide bonds. The van der Waals surface area contributed by atoms with E-state index in [0.717, 1.165) is 64.7 Å². The molecule has 8 heteroatoms. The van der Waals surface area contributed by atoms with Crippen molar-refractivity contribution in [1.82, 2.24) is 15.1 Å². The van der Waals surface area contributed by atoms with Crippen LogP contribution in [-0.4, -0.2) is 107 Å².